The molecule has 0 atom stereocenters. The molecule has 3 nitrogen and oxygen atoms in total. The SMILES string of the molecule is C=C/C(=C(/OC)C(=C)C1CC1)N1CCC(F)(F)CC1.CC.CN. The standard InChI is InChI=1S/C15H21F2NO.C2H6.CH5N/c1-4-13(14(19-3)11(2)12-5-6-12)18-9-7-15(16,17)8-10-18;2*1-2/h4,12H,1-2,5-10H2,3H3;1-2H3;2H2,1H3/b14-13-;;. The highest BCUT2D eigenvalue weighted by atomic mass is 19.3. The molecular weight excluding hydrogens is 298 g/mol. The van der Waals surface area contributed by atoms with Crippen LogP contribution in [0.4, 0.5) is 8.78 Å². The number of likely N-dealkylation sites (tertiary alicyclic amines) is 1. The van der Waals surface area contributed by atoms with Gasteiger partial charge in [0.15, 0.2) is 0 Å². The van der Waals surface area contributed by atoms with Gasteiger partial charge in [0.2, 0.25) is 0 Å². The summed E-state index contributed by atoms with van der Waals surface area (Å²) in [5, 5.41) is 0. The Bertz CT molecular complexity index is 405. The van der Waals surface area contributed by atoms with Crippen molar-refractivity contribution in [3.8, 4) is 0 Å². The van der Waals surface area contributed by atoms with Gasteiger partial charge in [-0.05, 0) is 37.5 Å². The number of methoxy groups -OCH3 is 1. The largest absolute Gasteiger partial charge is 0.494 e. The van der Waals surface area contributed by atoms with Crippen LogP contribution in [-0.4, -0.2) is 38.1 Å². The van der Waals surface area contributed by atoms with E-state index < -0.39 is 5.92 Å². The number of ether oxygens (including phenoxy) is 1. The summed E-state index contributed by atoms with van der Waals surface area (Å²) in [5.74, 6) is -1.34. The van der Waals surface area contributed by atoms with Crippen molar-refractivity contribution in [3.05, 3.63) is 36.3 Å². The number of rotatable bonds is 5. The molecule has 0 aromatic heterocycles. The topological polar surface area (TPSA) is 38.5 Å². The Morgan fingerprint density at radius 3 is 2.04 bits per heavy atom. The number of halogens is 2. The van der Waals surface area contributed by atoms with E-state index in [9.17, 15) is 8.78 Å². The highest BCUT2D eigenvalue weighted by Crippen LogP contribution is 2.41. The third-order valence-corrected chi connectivity index (χ3v) is 3.83. The smallest absolute Gasteiger partial charge is 0.251 e. The van der Waals surface area contributed by atoms with E-state index in [4.69, 9.17) is 4.74 Å². The lowest BCUT2D eigenvalue weighted by Crippen LogP contribution is -2.39. The maximum atomic E-state index is 13.2. The van der Waals surface area contributed by atoms with Crippen LogP contribution in [0.25, 0.3) is 0 Å². The van der Waals surface area contributed by atoms with Gasteiger partial charge in [-0.3, -0.25) is 0 Å². The molecule has 23 heavy (non-hydrogen) atoms. The van der Waals surface area contributed by atoms with Crippen molar-refractivity contribution in [2.45, 2.75) is 45.5 Å². The van der Waals surface area contributed by atoms with Gasteiger partial charge in [0, 0.05) is 25.9 Å². The monoisotopic (exact) mass is 330 g/mol. The lowest BCUT2D eigenvalue weighted by Gasteiger charge is -2.35. The van der Waals surface area contributed by atoms with E-state index in [0.29, 0.717) is 24.8 Å². The van der Waals surface area contributed by atoms with Crippen molar-refractivity contribution in [1.82, 2.24) is 4.90 Å². The van der Waals surface area contributed by atoms with Crippen LogP contribution in [0, 0.1) is 5.92 Å². The van der Waals surface area contributed by atoms with Gasteiger partial charge in [0.05, 0.1) is 12.8 Å². The van der Waals surface area contributed by atoms with E-state index in [1.54, 1.807) is 13.2 Å². The summed E-state index contributed by atoms with van der Waals surface area (Å²) in [4.78, 5) is 1.93. The first-order valence-corrected chi connectivity index (χ1v) is 8.29. The molecule has 1 aliphatic heterocycles. The molecule has 0 aromatic carbocycles. The van der Waals surface area contributed by atoms with E-state index in [-0.39, 0.29) is 12.8 Å². The Morgan fingerprint density at radius 2 is 1.70 bits per heavy atom. The lowest BCUT2D eigenvalue weighted by atomic mass is 10.0. The van der Waals surface area contributed by atoms with Gasteiger partial charge in [-0.1, -0.05) is 27.0 Å². The van der Waals surface area contributed by atoms with Crippen LogP contribution in [0.15, 0.2) is 36.3 Å². The Labute approximate surface area is 139 Å². The molecule has 0 aromatic rings. The number of allylic oxidation sites excluding steroid dienone is 2. The normalized spacial score (nSPS) is 20.0. The first-order chi connectivity index (χ1) is 11.0. The van der Waals surface area contributed by atoms with E-state index in [1.165, 1.54) is 7.05 Å². The summed E-state index contributed by atoms with van der Waals surface area (Å²) in [6, 6.07) is 0. The van der Waals surface area contributed by atoms with E-state index >= 15 is 0 Å². The molecule has 0 bridgehead atoms. The molecular formula is C18H32F2N2O. The van der Waals surface area contributed by atoms with Gasteiger partial charge >= 0.3 is 0 Å². The summed E-state index contributed by atoms with van der Waals surface area (Å²) in [5.41, 5.74) is 6.27. The van der Waals surface area contributed by atoms with Crippen molar-refractivity contribution >= 4 is 0 Å². The quantitative estimate of drug-likeness (QED) is 0.602. The van der Waals surface area contributed by atoms with Crippen LogP contribution in [0.5, 0.6) is 0 Å². The van der Waals surface area contributed by atoms with Gasteiger partial charge in [0.1, 0.15) is 5.76 Å². The van der Waals surface area contributed by atoms with Crippen LogP contribution in [-0.2, 0) is 4.74 Å². The second-order valence-corrected chi connectivity index (χ2v) is 5.27. The predicted molar refractivity (Wildman–Crippen MR) is 93.3 cm³/mol. The van der Waals surface area contributed by atoms with Gasteiger partial charge in [0.25, 0.3) is 5.92 Å². The fourth-order valence-electron chi connectivity index (χ4n) is 2.46. The molecule has 2 rings (SSSR count). The Balaban J connectivity index is 0.00000112. The molecule has 1 aliphatic carbocycles. The molecule has 0 amide bonds. The maximum Gasteiger partial charge on any atom is 0.251 e. The molecule has 2 fully saturated rings. The number of hydrogen-bond donors (Lipinski definition) is 1. The zero-order chi connectivity index (χ0) is 18.0. The second-order valence-electron chi connectivity index (χ2n) is 5.27. The molecule has 2 aliphatic rings. The van der Waals surface area contributed by atoms with Crippen molar-refractivity contribution in [3.63, 3.8) is 0 Å². The summed E-state index contributed by atoms with van der Waals surface area (Å²) in [7, 11) is 3.10. The van der Waals surface area contributed by atoms with E-state index in [2.05, 4.69) is 18.9 Å². The fraction of sp³-hybridized carbons (Fsp3) is 0.667. The minimum atomic E-state index is -2.54. The minimum absolute atomic E-state index is 0.114. The molecule has 1 saturated heterocycles. The molecule has 0 spiro atoms. The van der Waals surface area contributed by atoms with Crippen LogP contribution in [0.3, 0.4) is 0 Å². The molecule has 1 saturated carbocycles. The molecule has 2 N–H and O–H groups in total. The number of nitrogens with two attached hydrogens (primary N) is 1. The number of nitrogens with zero attached hydrogens (tertiary/aromatic N) is 1. The molecule has 5 heteroatoms. The summed E-state index contributed by atoms with van der Waals surface area (Å²) >= 11 is 0. The van der Waals surface area contributed by atoms with Gasteiger partial charge in [-0.15, -0.1) is 0 Å². The van der Waals surface area contributed by atoms with Crippen molar-refractivity contribution in [2.24, 2.45) is 11.7 Å². The zero-order valence-electron chi connectivity index (χ0n) is 15.0. The predicted octanol–water partition coefficient (Wildman–Crippen LogP) is 4.33. The summed E-state index contributed by atoms with van der Waals surface area (Å²) in [6.07, 6.45) is 3.73. The van der Waals surface area contributed by atoms with E-state index in [1.807, 2.05) is 18.7 Å². The third-order valence-electron chi connectivity index (χ3n) is 3.83. The minimum Gasteiger partial charge on any atom is -0.494 e. The highest BCUT2D eigenvalue weighted by molar-refractivity contribution is 5.36. The summed E-state index contributed by atoms with van der Waals surface area (Å²) < 4.78 is 31.9. The first kappa shape index (κ1) is 21.6. The Morgan fingerprint density at radius 1 is 1.22 bits per heavy atom. The fourth-order valence-corrected chi connectivity index (χ4v) is 2.46. The lowest BCUT2D eigenvalue weighted by molar-refractivity contribution is -0.0489. The number of alkyl halides is 2. The van der Waals surface area contributed by atoms with Gasteiger partial charge in [-0.2, -0.15) is 0 Å². The second kappa shape index (κ2) is 10.4. The zero-order valence-corrected chi connectivity index (χ0v) is 15.0. The first-order valence-electron chi connectivity index (χ1n) is 8.29. The molecule has 0 unspecified atom stereocenters. The van der Waals surface area contributed by atoms with Crippen LogP contribution in [0.2, 0.25) is 0 Å². The average molecular weight is 330 g/mol. The molecule has 134 valence electrons. The molecule has 0 radical (unpaired) electrons. The van der Waals surface area contributed by atoms with Crippen LogP contribution in [0.1, 0.15) is 39.5 Å². The average Bonchev–Trinajstić information content (AvgIpc) is 3.41. The maximum absolute atomic E-state index is 13.2. The summed E-state index contributed by atoms with van der Waals surface area (Å²) in [6.45, 7) is 12.5. The third kappa shape index (κ3) is 6.34. The van der Waals surface area contributed by atoms with Gasteiger partial charge < -0.3 is 15.4 Å². The highest BCUT2D eigenvalue weighted by Gasteiger charge is 2.36. The van der Waals surface area contributed by atoms with Crippen molar-refractivity contribution in [2.75, 3.05) is 27.2 Å². The number of hydrogen-bond acceptors (Lipinski definition) is 3. The Hall–Kier alpha value is -1.36. The number of piperidine rings is 1. The Kier molecular flexibility index (Phi) is 9.80. The van der Waals surface area contributed by atoms with Crippen molar-refractivity contribution < 1.29 is 13.5 Å². The van der Waals surface area contributed by atoms with Crippen LogP contribution >= 0.6 is 0 Å². The molecule has 1 heterocycles. The van der Waals surface area contributed by atoms with Gasteiger partial charge in [-0.25, -0.2) is 8.78 Å². The van der Waals surface area contributed by atoms with Crippen LogP contribution < -0.4 is 5.73 Å². The van der Waals surface area contributed by atoms with E-state index in [0.717, 1.165) is 24.1 Å². The van der Waals surface area contributed by atoms with Crippen molar-refractivity contribution in [1.29, 1.82) is 0 Å².